The molecule has 1 unspecified atom stereocenters. The van der Waals surface area contributed by atoms with E-state index in [-0.39, 0.29) is 12.1 Å². The molecule has 3 heteroatoms. The van der Waals surface area contributed by atoms with E-state index in [0.717, 1.165) is 32.1 Å². The molecule has 0 spiro atoms. The zero-order chi connectivity index (χ0) is 10.4. The zero-order valence-corrected chi connectivity index (χ0v) is 8.61. The topological polar surface area (TPSA) is 46.5 Å². The average molecular weight is 198 g/mol. The van der Waals surface area contributed by atoms with E-state index < -0.39 is 6.10 Å². The molecular formula is C11H18O3. The molecule has 0 saturated carbocycles. The summed E-state index contributed by atoms with van der Waals surface area (Å²) in [5, 5.41) is 9.41. The SMILES string of the molecule is CC1CCCCC[C@H](O)/C=C/C(=O)O1. The first-order valence-electron chi connectivity index (χ1n) is 5.25. The van der Waals surface area contributed by atoms with E-state index in [4.69, 9.17) is 4.74 Å². The minimum atomic E-state index is -0.504. The lowest BCUT2D eigenvalue weighted by Crippen LogP contribution is -2.12. The predicted octanol–water partition coefficient (Wildman–Crippen LogP) is 1.80. The summed E-state index contributed by atoms with van der Waals surface area (Å²) in [6, 6.07) is 0. The van der Waals surface area contributed by atoms with Crippen molar-refractivity contribution < 1.29 is 14.6 Å². The fourth-order valence-corrected chi connectivity index (χ4v) is 1.54. The summed E-state index contributed by atoms with van der Waals surface area (Å²) in [6.45, 7) is 1.90. The van der Waals surface area contributed by atoms with Crippen LogP contribution in [0.4, 0.5) is 0 Å². The molecule has 0 aromatic rings. The summed E-state index contributed by atoms with van der Waals surface area (Å²) in [5.41, 5.74) is 0. The first-order chi connectivity index (χ1) is 6.68. The van der Waals surface area contributed by atoms with Gasteiger partial charge in [0.1, 0.15) is 0 Å². The van der Waals surface area contributed by atoms with Crippen LogP contribution in [0.3, 0.4) is 0 Å². The molecule has 1 heterocycles. The number of cyclic esters (lactones) is 1. The van der Waals surface area contributed by atoms with Gasteiger partial charge in [0.05, 0.1) is 12.2 Å². The van der Waals surface area contributed by atoms with Crippen LogP contribution >= 0.6 is 0 Å². The quantitative estimate of drug-likeness (QED) is 0.604. The lowest BCUT2D eigenvalue weighted by molar-refractivity contribution is -0.142. The molecule has 1 aliphatic rings. The standard InChI is InChI=1S/C11H18O3/c1-9-5-3-2-4-6-10(12)7-8-11(13)14-9/h7-10,12H,2-6H2,1H3/b8-7+/t9?,10-/m0/s1. The molecule has 80 valence electrons. The molecule has 0 aliphatic carbocycles. The Morgan fingerprint density at radius 2 is 2.07 bits per heavy atom. The molecule has 0 radical (unpaired) electrons. The molecule has 0 amide bonds. The van der Waals surface area contributed by atoms with Gasteiger partial charge in [0.15, 0.2) is 0 Å². The monoisotopic (exact) mass is 198 g/mol. The van der Waals surface area contributed by atoms with Crippen LogP contribution in [0, 0.1) is 0 Å². The number of aliphatic hydroxyl groups excluding tert-OH is 1. The Morgan fingerprint density at radius 1 is 1.36 bits per heavy atom. The lowest BCUT2D eigenvalue weighted by atomic mass is 10.1. The van der Waals surface area contributed by atoms with Gasteiger partial charge < -0.3 is 9.84 Å². The van der Waals surface area contributed by atoms with Crippen molar-refractivity contribution in [2.24, 2.45) is 0 Å². The minimum Gasteiger partial charge on any atom is -0.460 e. The van der Waals surface area contributed by atoms with Gasteiger partial charge in [-0.1, -0.05) is 12.8 Å². The third-order valence-corrected chi connectivity index (χ3v) is 2.38. The summed E-state index contributed by atoms with van der Waals surface area (Å²) >= 11 is 0. The Labute approximate surface area is 84.8 Å². The van der Waals surface area contributed by atoms with E-state index in [1.165, 1.54) is 12.2 Å². The van der Waals surface area contributed by atoms with Crippen LogP contribution in [0.2, 0.25) is 0 Å². The highest BCUT2D eigenvalue weighted by Crippen LogP contribution is 2.11. The maximum Gasteiger partial charge on any atom is 0.330 e. The van der Waals surface area contributed by atoms with Crippen molar-refractivity contribution in [2.45, 2.75) is 51.2 Å². The maximum atomic E-state index is 11.1. The van der Waals surface area contributed by atoms with Gasteiger partial charge in [0.25, 0.3) is 0 Å². The summed E-state index contributed by atoms with van der Waals surface area (Å²) < 4.78 is 5.09. The molecule has 0 fully saturated rings. The molecule has 0 aromatic heterocycles. The molecule has 14 heavy (non-hydrogen) atoms. The molecule has 3 nitrogen and oxygen atoms in total. The number of ether oxygens (including phenoxy) is 1. The normalized spacial score (nSPS) is 32.9. The highest BCUT2D eigenvalue weighted by Gasteiger charge is 2.09. The van der Waals surface area contributed by atoms with Crippen LogP contribution in [-0.2, 0) is 9.53 Å². The number of esters is 1. The van der Waals surface area contributed by atoms with Gasteiger partial charge in [-0.2, -0.15) is 0 Å². The fourth-order valence-electron chi connectivity index (χ4n) is 1.54. The van der Waals surface area contributed by atoms with Crippen molar-refractivity contribution >= 4 is 5.97 Å². The van der Waals surface area contributed by atoms with Gasteiger partial charge in [-0.05, 0) is 32.3 Å². The lowest BCUT2D eigenvalue weighted by Gasteiger charge is -2.10. The highest BCUT2D eigenvalue weighted by molar-refractivity contribution is 5.82. The molecule has 0 aromatic carbocycles. The number of hydrogen-bond donors (Lipinski definition) is 1. The van der Waals surface area contributed by atoms with Crippen LogP contribution in [0.1, 0.15) is 39.0 Å². The molecule has 2 atom stereocenters. The van der Waals surface area contributed by atoms with Gasteiger partial charge in [0.2, 0.25) is 0 Å². The van der Waals surface area contributed by atoms with Crippen molar-refractivity contribution in [3.63, 3.8) is 0 Å². The average Bonchev–Trinajstić information content (AvgIpc) is 2.15. The number of hydrogen-bond acceptors (Lipinski definition) is 3. The number of rotatable bonds is 0. The predicted molar refractivity (Wildman–Crippen MR) is 53.8 cm³/mol. The van der Waals surface area contributed by atoms with Crippen LogP contribution in [0.25, 0.3) is 0 Å². The summed E-state index contributed by atoms with van der Waals surface area (Å²) in [5.74, 6) is -0.349. The van der Waals surface area contributed by atoms with E-state index in [9.17, 15) is 9.90 Å². The van der Waals surface area contributed by atoms with E-state index in [1.807, 2.05) is 6.92 Å². The Bertz CT molecular complexity index is 211. The molecule has 0 saturated heterocycles. The number of carbonyl (C=O) groups excluding carboxylic acids is 1. The maximum absolute atomic E-state index is 11.1. The van der Waals surface area contributed by atoms with Crippen LogP contribution in [-0.4, -0.2) is 23.3 Å². The summed E-state index contributed by atoms with van der Waals surface area (Å²) in [4.78, 5) is 11.1. The van der Waals surface area contributed by atoms with Crippen LogP contribution < -0.4 is 0 Å². The second-order valence-electron chi connectivity index (χ2n) is 3.81. The van der Waals surface area contributed by atoms with Gasteiger partial charge in [-0.3, -0.25) is 0 Å². The highest BCUT2D eigenvalue weighted by atomic mass is 16.5. The van der Waals surface area contributed by atoms with E-state index in [1.54, 1.807) is 0 Å². The largest absolute Gasteiger partial charge is 0.460 e. The van der Waals surface area contributed by atoms with Crippen molar-refractivity contribution in [1.82, 2.24) is 0 Å². The van der Waals surface area contributed by atoms with Gasteiger partial charge in [0, 0.05) is 6.08 Å². The number of aliphatic hydroxyl groups is 1. The third-order valence-electron chi connectivity index (χ3n) is 2.38. The molecule has 0 bridgehead atoms. The summed E-state index contributed by atoms with van der Waals surface area (Å²) in [6.07, 6.45) is 7.12. The minimum absolute atomic E-state index is 0.0117. The van der Waals surface area contributed by atoms with E-state index >= 15 is 0 Å². The van der Waals surface area contributed by atoms with Crippen molar-refractivity contribution in [3.8, 4) is 0 Å². The smallest absolute Gasteiger partial charge is 0.330 e. The molecule has 1 aliphatic heterocycles. The molecular weight excluding hydrogens is 180 g/mol. The van der Waals surface area contributed by atoms with Crippen LogP contribution in [0.5, 0.6) is 0 Å². The van der Waals surface area contributed by atoms with Gasteiger partial charge in [-0.25, -0.2) is 4.79 Å². The van der Waals surface area contributed by atoms with Crippen molar-refractivity contribution in [3.05, 3.63) is 12.2 Å². The second-order valence-corrected chi connectivity index (χ2v) is 3.81. The third kappa shape index (κ3) is 4.42. The number of carbonyl (C=O) groups is 1. The molecule has 1 rings (SSSR count). The fraction of sp³-hybridized carbons (Fsp3) is 0.727. The van der Waals surface area contributed by atoms with Crippen LogP contribution in [0.15, 0.2) is 12.2 Å². The first-order valence-corrected chi connectivity index (χ1v) is 5.25. The van der Waals surface area contributed by atoms with Crippen molar-refractivity contribution in [1.29, 1.82) is 0 Å². The van der Waals surface area contributed by atoms with E-state index in [2.05, 4.69) is 0 Å². The Hall–Kier alpha value is -0.830. The summed E-state index contributed by atoms with van der Waals surface area (Å²) in [7, 11) is 0. The van der Waals surface area contributed by atoms with Gasteiger partial charge in [-0.15, -0.1) is 0 Å². The van der Waals surface area contributed by atoms with Crippen molar-refractivity contribution in [2.75, 3.05) is 0 Å². The first kappa shape index (κ1) is 11.2. The zero-order valence-electron chi connectivity index (χ0n) is 8.61. The Kier molecular flexibility index (Phi) is 4.66. The second kappa shape index (κ2) is 5.81. The Morgan fingerprint density at radius 3 is 2.86 bits per heavy atom. The Balaban J connectivity index is 2.50. The molecule has 1 N–H and O–H groups in total. The van der Waals surface area contributed by atoms with Gasteiger partial charge >= 0.3 is 5.97 Å². The van der Waals surface area contributed by atoms with E-state index in [0.29, 0.717) is 0 Å².